The lowest BCUT2D eigenvalue weighted by atomic mass is 10.1. The molecular weight excluding hydrogens is 465 g/mol. The summed E-state index contributed by atoms with van der Waals surface area (Å²) in [5, 5.41) is 0.425. The molecule has 1 heterocycles. The zero-order valence-electron chi connectivity index (χ0n) is 18.0. The molecule has 0 atom stereocenters. The van der Waals surface area contributed by atoms with E-state index in [1.165, 1.54) is 30.5 Å². The molecule has 0 aliphatic heterocycles. The summed E-state index contributed by atoms with van der Waals surface area (Å²) in [6.07, 6.45) is 1.52. The maximum atomic E-state index is 13.7. The van der Waals surface area contributed by atoms with Crippen molar-refractivity contribution in [3.8, 4) is 0 Å². The normalized spacial score (nSPS) is 12.3. The Morgan fingerprint density at radius 3 is 2.39 bits per heavy atom. The van der Waals surface area contributed by atoms with E-state index in [4.69, 9.17) is 4.18 Å². The minimum Gasteiger partial charge on any atom is -0.360 e. The Morgan fingerprint density at radius 2 is 1.67 bits per heavy atom. The molecule has 0 bridgehead atoms. The molecule has 1 N–H and O–H groups in total. The van der Waals surface area contributed by atoms with E-state index in [2.05, 4.69) is 4.98 Å². The van der Waals surface area contributed by atoms with Gasteiger partial charge in [-0.25, -0.2) is 12.8 Å². The van der Waals surface area contributed by atoms with E-state index < -0.39 is 25.8 Å². The van der Waals surface area contributed by atoms with E-state index in [1.807, 2.05) is 6.92 Å². The van der Waals surface area contributed by atoms with Crippen LogP contribution in [0.25, 0.3) is 10.9 Å². The molecule has 0 saturated carbocycles. The van der Waals surface area contributed by atoms with E-state index in [1.54, 1.807) is 37.3 Å². The largest absolute Gasteiger partial charge is 0.360 e. The van der Waals surface area contributed by atoms with Crippen molar-refractivity contribution in [2.24, 2.45) is 0 Å². The number of sulfone groups is 1. The first-order chi connectivity index (χ1) is 15.6. The number of hydrogen-bond donors (Lipinski definition) is 1. The second-order valence-corrected chi connectivity index (χ2v) is 11.3. The topological polar surface area (TPSA) is 93.3 Å². The molecule has 0 aliphatic carbocycles. The third-order valence-corrected chi connectivity index (χ3v) is 8.61. The number of nitrogens with one attached hydrogen (secondary N) is 1. The fourth-order valence-electron chi connectivity index (χ4n) is 3.81. The molecule has 9 heteroatoms. The van der Waals surface area contributed by atoms with Crippen LogP contribution in [0, 0.1) is 19.7 Å². The Labute approximate surface area is 192 Å². The molecular formula is C24H22FNO5S2. The van der Waals surface area contributed by atoms with Crippen LogP contribution in [0.5, 0.6) is 0 Å². The van der Waals surface area contributed by atoms with Crippen LogP contribution >= 0.6 is 0 Å². The van der Waals surface area contributed by atoms with Gasteiger partial charge in [0.25, 0.3) is 10.1 Å². The number of halogens is 1. The van der Waals surface area contributed by atoms with Gasteiger partial charge >= 0.3 is 0 Å². The average Bonchev–Trinajstić information content (AvgIpc) is 3.19. The van der Waals surface area contributed by atoms with Gasteiger partial charge in [0.1, 0.15) is 5.82 Å². The molecule has 0 aliphatic rings. The lowest BCUT2D eigenvalue weighted by molar-refractivity contribution is 0.322. The molecule has 0 unspecified atom stereocenters. The number of rotatable bonds is 7. The van der Waals surface area contributed by atoms with E-state index in [9.17, 15) is 21.2 Å². The highest BCUT2D eigenvalue weighted by Crippen LogP contribution is 2.31. The lowest BCUT2D eigenvalue weighted by Crippen LogP contribution is -2.11. The van der Waals surface area contributed by atoms with E-state index in [-0.39, 0.29) is 27.7 Å². The molecule has 172 valence electrons. The summed E-state index contributed by atoms with van der Waals surface area (Å²) in [6, 6.07) is 15.0. The van der Waals surface area contributed by atoms with Crippen LogP contribution in [0.3, 0.4) is 0 Å². The van der Waals surface area contributed by atoms with Crippen molar-refractivity contribution in [1.29, 1.82) is 0 Å². The van der Waals surface area contributed by atoms with Crippen LogP contribution in [-0.2, 0) is 30.6 Å². The predicted octanol–water partition coefficient (Wildman–Crippen LogP) is 4.70. The first kappa shape index (κ1) is 23.2. The lowest BCUT2D eigenvalue weighted by Gasteiger charge is -2.10. The zero-order chi connectivity index (χ0) is 23.8. The Hall–Kier alpha value is -3.01. The van der Waals surface area contributed by atoms with Gasteiger partial charge in [0, 0.05) is 17.1 Å². The van der Waals surface area contributed by atoms with E-state index >= 15 is 0 Å². The predicted molar refractivity (Wildman–Crippen MR) is 123 cm³/mol. The minimum absolute atomic E-state index is 0.00376. The molecule has 6 nitrogen and oxygen atoms in total. The number of aromatic nitrogens is 1. The van der Waals surface area contributed by atoms with E-state index in [0.717, 1.165) is 11.6 Å². The van der Waals surface area contributed by atoms with Crippen LogP contribution < -0.4 is 0 Å². The third-order valence-electron chi connectivity index (χ3n) is 5.36. The first-order valence-corrected chi connectivity index (χ1v) is 13.0. The van der Waals surface area contributed by atoms with Crippen LogP contribution in [-0.4, -0.2) is 28.4 Å². The standard InChI is InChI=1S/C24H22FNO5S2/c1-16-9-10-22(17(2)13-16)33(29,30)31-12-11-18-5-3-8-21-24(18)23(15-26-21)32(27,28)20-7-4-6-19(25)14-20/h3-10,13-15,26H,11-12H2,1-2H3. The molecule has 0 spiro atoms. The van der Waals surface area contributed by atoms with Crippen LogP contribution in [0.15, 0.2) is 81.5 Å². The van der Waals surface area contributed by atoms with Gasteiger partial charge in [-0.3, -0.25) is 4.18 Å². The monoisotopic (exact) mass is 487 g/mol. The number of H-pyrrole nitrogens is 1. The second-order valence-electron chi connectivity index (χ2n) is 7.75. The van der Waals surface area contributed by atoms with Crippen molar-refractivity contribution >= 4 is 30.9 Å². The van der Waals surface area contributed by atoms with Crippen LogP contribution in [0.1, 0.15) is 16.7 Å². The number of aromatic amines is 1. The molecule has 4 aromatic rings. The van der Waals surface area contributed by atoms with Crippen molar-refractivity contribution in [3.63, 3.8) is 0 Å². The van der Waals surface area contributed by atoms with Gasteiger partial charge in [-0.2, -0.15) is 8.42 Å². The van der Waals surface area contributed by atoms with Gasteiger partial charge in [-0.1, -0.05) is 35.9 Å². The van der Waals surface area contributed by atoms with Crippen LogP contribution in [0.4, 0.5) is 4.39 Å². The van der Waals surface area contributed by atoms with Crippen LogP contribution in [0.2, 0.25) is 0 Å². The molecule has 33 heavy (non-hydrogen) atoms. The van der Waals surface area contributed by atoms with Crippen molar-refractivity contribution in [2.75, 3.05) is 6.61 Å². The summed E-state index contributed by atoms with van der Waals surface area (Å²) in [6.45, 7) is 3.41. The number of fused-ring (bicyclic) bond motifs is 1. The molecule has 1 aromatic heterocycles. The maximum absolute atomic E-state index is 13.7. The van der Waals surface area contributed by atoms with Crippen molar-refractivity contribution in [3.05, 3.63) is 89.4 Å². The summed E-state index contributed by atoms with van der Waals surface area (Å²) in [4.78, 5) is 2.87. The summed E-state index contributed by atoms with van der Waals surface area (Å²) in [5.74, 6) is -0.652. The number of aryl methyl sites for hydroxylation is 2. The van der Waals surface area contributed by atoms with Gasteiger partial charge in [0.2, 0.25) is 9.84 Å². The smallest absolute Gasteiger partial charge is 0.297 e. The Balaban J connectivity index is 1.64. The molecule has 4 rings (SSSR count). The summed E-state index contributed by atoms with van der Waals surface area (Å²) in [5.41, 5.74) is 2.70. The number of hydrogen-bond acceptors (Lipinski definition) is 5. The van der Waals surface area contributed by atoms with Gasteiger partial charge in [-0.05, 0) is 61.7 Å². The molecule has 0 fully saturated rings. The third kappa shape index (κ3) is 4.57. The fraction of sp³-hybridized carbons (Fsp3) is 0.167. The van der Waals surface area contributed by atoms with Gasteiger partial charge in [0.15, 0.2) is 0 Å². The maximum Gasteiger partial charge on any atom is 0.297 e. The first-order valence-electron chi connectivity index (χ1n) is 10.2. The Morgan fingerprint density at radius 1 is 0.909 bits per heavy atom. The number of benzene rings is 3. The molecule has 3 aromatic carbocycles. The summed E-state index contributed by atoms with van der Waals surface area (Å²) < 4.78 is 70.6. The van der Waals surface area contributed by atoms with Crippen molar-refractivity contribution in [2.45, 2.75) is 35.0 Å². The molecule has 0 saturated heterocycles. The Kier molecular flexibility index (Phi) is 6.13. The SMILES string of the molecule is Cc1ccc(S(=O)(=O)OCCc2cccc3[nH]cc(S(=O)(=O)c4cccc(F)c4)c23)c(C)c1. The highest BCUT2D eigenvalue weighted by Gasteiger charge is 2.24. The van der Waals surface area contributed by atoms with E-state index in [0.29, 0.717) is 22.0 Å². The quantitative estimate of drug-likeness (QED) is 0.381. The van der Waals surface area contributed by atoms with Crippen molar-refractivity contribution < 1.29 is 25.4 Å². The minimum atomic E-state index is -4.00. The molecule has 0 radical (unpaired) electrons. The highest BCUT2D eigenvalue weighted by molar-refractivity contribution is 7.91. The Bertz CT molecular complexity index is 1560. The zero-order valence-corrected chi connectivity index (χ0v) is 19.6. The van der Waals surface area contributed by atoms with Gasteiger partial charge in [-0.15, -0.1) is 0 Å². The average molecular weight is 488 g/mol. The molecule has 0 amide bonds. The summed E-state index contributed by atoms with van der Waals surface area (Å²) in [7, 11) is -7.98. The fourth-order valence-corrected chi connectivity index (χ4v) is 6.43. The second kappa shape index (κ2) is 8.74. The van der Waals surface area contributed by atoms with Crippen molar-refractivity contribution in [1.82, 2.24) is 4.98 Å². The summed E-state index contributed by atoms with van der Waals surface area (Å²) >= 11 is 0. The van der Waals surface area contributed by atoms with Gasteiger partial charge in [0.05, 0.1) is 21.3 Å². The van der Waals surface area contributed by atoms with Gasteiger partial charge < -0.3 is 4.98 Å². The highest BCUT2D eigenvalue weighted by atomic mass is 32.2.